The molecule has 3 heterocycles. The van der Waals surface area contributed by atoms with Crippen LogP contribution in [0.1, 0.15) is 27.4 Å². The Morgan fingerprint density at radius 1 is 0.306 bits per heavy atom. The molecule has 0 fully saturated rings. The first kappa shape index (κ1) is 20.7. The molecule has 62 heavy (non-hydrogen) atoms. The van der Waals surface area contributed by atoms with Crippen LogP contribution in [0.5, 0.6) is 0 Å². The molecule has 12 aromatic rings. The summed E-state index contributed by atoms with van der Waals surface area (Å²) in [6.45, 7) is 0. The van der Waals surface area contributed by atoms with Gasteiger partial charge in [0.15, 0.2) is 5.82 Å². The normalized spacial score (nSPS) is 16.1. The van der Waals surface area contributed by atoms with Crippen molar-refractivity contribution in [3.8, 4) is 67.8 Å². The van der Waals surface area contributed by atoms with Gasteiger partial charge in [0, 0.05) is 27.1 Å². The van der Waals surface area contributed by atoms with Gasteiger partial charge in [-0.15, -0.1) is 0 Å². The van der Waals surface area contributed by atoms with Gasteiger partial charge in [0.05, 0.1) is 49.5 Å². The molecule has 3 aromatic heterocycles. The Kier molecular flexibility index (Phi) is 4.91. The Morgan fingerprint density at radius 3 is 1.24 bits per heavy atom. The highest BCUT2D eigenvalue weighted by Gasteiger charge is 2.21. The molecule has 5 nitrogen and oxygen atoms in total. The molecule has 0 aliphatic carbocycles. The maximum atomic E-state index is 9.91. The van der Waals surface area contributed by atoms with Gasteiger partial charge in [0.1, 0.15) is 0 Å². The van der Waals surface area contributed by atoms with E-state index in [0.29, 0.717) is 0 Å². The van der Waals surface area contributed by atoms with E-state index in [4.69, 9.17) is 32.8 Å². The highest BCUT2D eigenvalue weighted by Crippen LogP contribution is 2.37. The van der Waals surface area contributed by atoms with Crippen LogP contribution < -0.4 is 0 Å². The maximum absolute atomic E-state index is 9.91. The lowest BCUT2D eigenvalue weighted by molar-refractivity contribution is 0.893. The summed E-state index contributed by atoms with van der Waals surface area (Å²) in [7, 11) is 0. The summed E-state index contributed by atoms with van der Waals surface area (Å²) in [6, 6.07) is 17.6. The summed E-state index contributed by atoms with van der Waals surface area (Å²) in [5.41, 5.74) is 2.58. The molecule has 5 heteroatoms. The van der Waals surface area contributed by atoms with Crippen LogP contribution in [0.25, 0.3) is 111 Å². The third kappa shape index (κ3) is 6.06. The van der Waals surface area contributed by atoms with E-state index in [1.807, 2.05) is 72.8 Å². The van der Waals surface area contributed by atoms with Crippen molar-refractivity contribution in [3.63, 3.8) is 0 Å². The standard InChI is InChI=1S/C57H37N5/c1-4-16-38(17-5-1)43-32-33-50-49-24-12-15-27-53(49)62(54(50)37-43)57-59-55(58-56(60-57)61-51-25-13-10-22-47(51)48-23-11-14-26-52(48)61)42-30-28-41(29-31-42)46-35-44(39-18-6-2-7-19-39)34-45(36-46)40-20-8-3-9-21-40/h1-37H/i1D,4D,5D,10D,11D,12D,13D,14D,15D,16D,17D,22D,23D,24D,25D,26D,27D,32D,33D,37D. The van der Waals surface area contributed by atoms with E-state index in [9.17, 15) is 9.60 Å². The van der Waals surface area contributed by atoms with E-state index in [0.717, 1.165) is 42.5 Å². The minimum absolute atomic E-state index is 0.234. The smallest absolute Gasteiger partial charge is 0.240 e. The fourth-order valence-electron chi connectivity index (χ4n) is 7.72. The van der Waals surface area contributed by atoms with Crippen molar-refractivity contribution in [3.05, 3.63) is 224 Å². The summed E-state index contributed by atoms with van der Waals surface area (Å²) >= 11 is 0. The summed E-state index contributed by atoms with van der Waals surface area (Å²) in [5.74, 6) is -1.38. The minimum atomic E-state index is -0.824. The number of aromatic nitrogens is 5. The van der Waals surface area contributed by atoms with Crippen LogP contribution in [0.4, 0.5) is 0 Å². The lowest BCUT2D eigenvalue weighted by Crippen LogP contribution is -2.10. The topological polar surface area (TPSA) is 48.5 Å². The summed E-state index contributed by atoms with van der Waals surface area (Å²) in [4.78, 5) is 14.6. The monoisotopic (exact) mass is 811 g/mol. The second-order valence-corrected chi connectivity index (χ2v) is 14.2. The number of fused-ring (bicyclic) bond motifs is 6. The molecule has 0 saturated carbocycles. The lowest BCUT2D eigenvalue weighted by Gasteiger charge is -2.14. The molecule has 290 valence electrons. The second kappa shape index (κ2) is 14.7. The van der Waals surface area contributed by atoms with Crippen molar-refractivity contribution in [1.82, 2.24) is 24.1 Å². The van der Waals surface area contributed by atoms with Gasteiger partial charge in [0.25, 0.3) is 0 Å². The fraction of sp³-hybridized carbons (Fsp3) is 0. The van der Waals surface area contributed by atoms with Crippen molar-refractivity contribution in [2.75, 3.05) is 0 Å². The minimum Gasteiger partial charge on any atom is -0.278 e. The molecule has 0 unspecified atom stereocenters. The molecule has 0 aliphatic rings. The Hall–Kier alpha value is -8.41. The zero-order valence-corrected chi connectivity index (χ0v) is 32.1. The van der Waals surface area contributed by atoms with Crippen LogP contribution in [0.3, 0.4) is 0 Å². The van der Waals surface area contributed by atoms with Crippen molar-refractivity contribution in [1.29, 1.82) is 0 Å². The average Bonchev–Trinajstić information content (AvgIpc) is 3.26. The highest BCUT2D eigenvalue weighted by atomic mass is 15.3. The maximum Gasteiger partial charge on any atom is 0.240 e. The van der Waals surface area contributed by atoms with Gasteiger partial charge >= 0.3 is 0 Å². The largest absolute Gasteiger partial charge is 0.278 e. The molecule has 0 N–H and O–H groups in total. The highest BCUT2D eigenvalue weighted by molar-refractivity contribution is 6.10. The molecule has 0 atom stereocenters. The number of para-hydroxylation sites is 3. The molecule has 0 amide bonds. The molecule has 0 aliphatic heterocycles. The predicted octanol–water partition coefficient (Wildman–Crippen LogP) is 14.4. The molecule has 0 radical (unpaired) electrons. The third-order valence-corrected chi connectivity index (χ3v) is 10.6. The lowest BCUT2D eigenvalue weighted by atomic mass is 9.93. The zero-order valence-electron chi connectivity index (χ0n) is 52.1. The number of hydrogen-bond donors (Lipinski definition) is 0. The van der Waals surface area contributed by atoms with Gasteiger partial charge < -0.3 is 0 Å². The van der Waals surface area contributed by atoms with Crippen molar-refractivity contribution >= 4 is 43.6 Å². The Balaban J connectivity index is 1.22. The molecule has 12 rings (SSSR count). The number of benzene rings is 9. The van der Waals surface area contributed by atoms with E-state index in [1.54, 1.807) is 24.3 Å². The first-order chi connectivity index (χ1) is 39.0. The average molecular weight is 812 g/mol. The van der Waals surface area contributed by atoms with Crippen molar-refractivity contribution in [2.24, 2.45) is 0 Å². The van der Waals surface area contributed by atoms with E-state index < -0.39 is 160 Å². The van der Waals surface area contributed by atoms with Gasteiger partial charge in [0.2, 0.25) is 11.9 Å². The van der Waals surface area contributed by atoms with E-state index in [-0.39, 0.29) is 38.6 Å². The quantitative estimate of drug-likeness (QED) is 0.161. The van der Waals surface area contributed by atoms with E-state index in [1.165, 1.54) is 0 Å². The van der Waals surface area contributed by atoms with E-state index in [2.05, 4.69) is 6.07 Å². The summed E-state index contributed by atoms with van der Waals surface area (Å²) < 4.78 is 182. The second-order valence-electron chi connectivity index (χ2n) is 14.2. The summed E-state index contributed by atoms with van der Waals surface area (Å²) in [5, 5.41) is -1.44. The molecule has 0 saturated heterocycles. The molecule has 0 bridgehead atoms. The van der Waals surface area contributed by atoms with Crippen LogP contribution in [0.2, 0.25) is 0 Å². The molecular formula is C57H37N5. The van der Waals surface area contributed by atoms with Crippen LogP contribution in [0.15, 0.2) is 224 Å². The van der Waals surface area contributed by atoms with Crippen LogP contribution >= 0.6 is 0 Å². The van der Waals surface area contributed by atoms with Gasteiger partial charge in [-0.25, -0.2) is 0 Å². The molecule has 9 aromatic carbocycles. The number of nitrogens with zero attached hydrogens (tertiary/aromatic N) is 5. The van der Waals surface area contributed by atoms with Gasteiger partial charge in [-0.1, -0.05) is 182 Å². The fourth-order valence-corrected chi connectivity index (χ4v) is 7.72. The Morgan fingerprint density at radius 2 is 0.726 bits per heavy atom. The van der Waals surface area contributed by atoms with E-state index >= 15 is 0 Å². The Bertz CT molecular complexity index is 4630. The SMILES string of the molecule is [2H]c1c([2H])c([2H])c(-c2c([2H])c([2H])c3c4c([2H])c([2H])c([2H])c([2H])c4n(-c4nc(-c5ccc(-c6cc(-c7ccccc7)cc(-c7ccccc7)c6)cc5)nc(-n5c6c([2H])c([2H])c([2H])c([2H])c6c6c([2H])c([2H])c([2H])c([2H])c65)n4)c3c2[2H])c([2H])c1[2H]. The van der Waals surface area contributed by atoms with Crippen molar-refractivity contribution < 1.29 is 27.4 Å². The zero-order chi connectivity index (χ0) is 58.4. The Labute approximate surface area is 386 Å². The predicted molar refractivity (Wildman–Crippen MR) is 256 cm³/mol. The van der Waals surface area contributed by atoms with Gasteiger partial charge in [-0.3, -0.25) is 9.13 Å². The summed E-state index contributed by atoms with van der Waals surface area (Å²) in [6.07, 6.45) is 0. The van der Waals surface area contributed by atoms with Gasteiger partial charge in [-0.2, -0.15) is 15.0 Å². The van der Waals surface area contributed by atoms with Crippen molar-refractivity contribution in [2.45, 2.75) is 0 Å². The van der Waals surface area contributed by atoms with Crippen LogP contribution in [-0.4, -0.2) is 24.1 Å². The number of hydrogen-bond acceptors (Lipinski definition) is 3. The van der Waals surface area contributed by atoms with Crippen LogP contribution in [0, 0.1) is 0 Å². The first-order valence-corrected chi connectivity index (χ1v) is 19.3. The van der Waals surface area contributed by atoms with Crippen LogP contribution in [-0.2, 0) is 0 Å². The first-order valence-electron chi connectivity index (χ1n) is 29.3. The van der Waals surface area contributed by atoms with Gasteiger partial charge in [-0.05, 0) is 86.9 Å². The third-order valence-electron chi connectivity index (χ3n) is 10.6. The molecular weight excluding hydrogens is 755 g/mol. The number of rotatable bonds is 7. The molecule has 0 spiro atoms.